The number of nitrogens with one attached hydrogen (secondary N) is 1. The second-order valence-electron chi connectivity index (χ2n) is 5.94. The van der Waals surface area contributed by atoms with E-state index in [1.54, 1.807) is 0 Å². The number of aromatic nitrogens is 1. The summed E-state index contributed by atoms with van der Waals surface area (Å²) in [5, 5.41) is 3.43. The maximum Gasteiger partial charge on any atom is 0.127 e. The van der Waals surface area contributed by atoms with Crippen LogP contribution in [-0.4, -0.2) is 17.1 Å². The fourth-order valence-electron chi connectivity index (χ4n) is 2.60. The first-order valence-corrected chi connectivity index (χ1v) is 7.49. The third-order valence-electron chi connectivity index (χ3n) is 3.87. The monoisotopic (exact) mass is 262 g/mol. The zero-order chi connectivity index (χ0) is 13.7. The molecule has 0 saturated heterocycles. The molecule has 0 amide bonds. The highest BCUT2D eigenvalue weighted by molar-refractivity contribution is 5.30. The lowest BCUT2D eigenvalue weighted by Crippen LogP contribution is -2.29. The first kappa shape index (κ1) is 14.3. The molecule has 106 valence electrons. The van der Waals surface area contributed by atoms with Gasteiger partial charge in [0.2, 0.25) is 0 Å². The van der Waals surface area contributed by atoms with Gasteiger partial charge in [-0.2, -0.15) is 0 Å². The van der Waals surface area contributed by atoms with Crippen LogP contribution in [0.2, 0.25) is 0 Å². The van der Waals surface area contributed by atoms with E-state index in [1.165, 1.54) is 25.7 Å². The summed E-state index contributed by atoms with van der Waals surface area (Å²) in [5.74, 6) is 1.66. The van der Waals surface area contributed by atoms with E-state index in [0.29, 0.717) is 18.1 Å². The lowest BCUT2D eigenvalue weighted by molar-refractivity contribution is 0.101. The molecule has 2 unspecified atom stereocenters. The summed E-state index contributed by atoms with van der Waals surface area (Å²) in [6, 6.07) is 2.47. The van der Waals surface area contributed by atoms with Gasteiger partial charge in [0.05, 0.1) is 0 Å². The predicted octanol–water partition coefficient (Wildman–Crippen LogP) is 3.54. The van der Waals surface area contributed by atoms with E-state index < -0.39 is 0 Å². The van der Waals surface area contributed by atoms with Crippen LogP contribution in [0.3, 0.4) is 0 Å². The minimum absolute atomic E-state index is 0.369. The van der Waals surface area contributed by atoms with Gasteiger partial charge in [-0.3, -0.25) is 4.98 Å². The average Bonchev–Trinajstić information content (AvgIpc) is 2.40. The summed E-state index contributed by atoms with van der Waals surface area (Å²) in [4.78, 5) is 4.22. The molecular weight excluding hydrogens is 236 g/mol. The molecule has 0 radical (unpaired) electrons. The maximum absolute atomic E-state index is 6.25. The quantitative estimate of drug-likeness (QED) is 0.881. The first-order chi connectivity index (χ1) is 9.16. The molecule has 1 heterocycles. The Hall–Kier alpha value is -1.09. The topological polar surface area (TPSA) is 34.2 Å². The van der Waals surface area contributed by atoms with Crippen LogP contribution in [0.4, 0.5) is 0 Å². The molecule has 1 N–H and O–H groups in total. The van der Waals surface area contributed by atoms with Gasteiger partial charge in [-0.1, -0.05) is 27.2 Å². The molecule has 2 atom stereocenters. The van der Waals surface area contributed by atoms with Gasteiger partial charge in [-0.05, 0) is 31.2 Å². The minimum Gasteiger partial charge on any atom is -0.490 e. The Labute approximate surface area is 116 Å². The van der Waals surface area contributed by atoms with Crippen molar-refractivity contribution < 1.29 is 4.74 Å². The molecule has 1 saturated carbocycles. The van der Waals surface area contributed by atoms with E-state index >= 15 is 0 Å². The summed E-state index contributed by atoms with van der Waals surface area (Å²) in [5.41, 5.74) is 1.16. The normalized spacial score (nSPS) is 23.6. The summed E-state index contributed by atoms with van der Waals surface area (Å²) >= 11 is 0. The highest BCUT2D eigenvalue weighted by Crippen LogP contribution is 2.29. The molecule has 0 bridgehead atoms. The highest BCUT2D eigenvalue weighted by Gasteiger charge is 2.23. The van der Waals surface area contributed by atoms with Gasteiger partial charge < -0.3 is 10.1 Å². The molecule has 1 aliphatic rings. The predicted molar refractivity (Wildman–Crippen MR) is 78.3 cm³/mol. The van der Waals surface area contributed by atoms with Gasteiger partial charge in [-0.15, -0.1) is 0 Å². The van der Waals surface area contributed by atoms with Crippen LogP contribution in [0.25, 0.3) is 0 Å². The van der Waals surface area contributed by atoms with Gasteiger partial charge >= 0.3 is 0 Å². The van der Waals surface area contributed by atoms with Crippen molar-refractivity contribution in [1.82, 2.24) is 10.3 Å². The minimum atomic E-state index is 0.369. The second kappa shape index (κ2) is 6.90. The molecule has 1 fully saturated rings. The lowest BCUT2D eigenvalue weighted by atomic mass is 9.88. The Morgan fingerprint density at radius 2 is 2.16 bits per heavy atom. The van der Waals surface area contributed by atoms with Crippen LogP contribution >= 0.6 is 0 Å². The van der Waals surface area contributed by atoms with E-state index in [-0.39, 0.29) is 0 Å². The van der Waals surface area contributed by atoms with Crippen molar-refractivity contribution in [3.8, 4) is 5.75 Å². The van der Waals surface area contributed by atoms with Crippen LogP contribution in [-0.2, 0) is 6.54 Å². The first-order valence-electron chi connectivity index (χ1n) is 7.49. The van der Waals surface area contributed by atoms with Crippen molar-refractivity contribution >= 4 is 0 Å². The van der Waals surface area contributed by atoms with Crippen molar-refractivity contribution in [2.24, 2.45) is 5.92 Å². The Kier molecular flexibility index (Phi) is 5.20. The molecule has 3 nitrogen and oxygen atoms in total. The Balaban J connectivity index is 2.02. The molecule has 3 heteroatoms. The van der Waals surface area contributed by atoms with Crippen LogP contribution < -0.4 is 10.1 Å². The molecule has 1 aromatic heterocycles. The molecule has 2 rings (SSSR count). The van der Waals surface area contributed by atoms with Crippen LogP contribution in [0.5, 0.6) is 5.75 Å². The molecule has 0 aromatic carbocycles. The SMILES string of the molecule is CC(C)NCc1cnccc1OC1CCCCC1C. The van der Waals surface area contributed by atoms with Crippen molar-refractivity contribution in [3.63, 3.8) is 0 Å². The zero-order valence-corrected chi connectivity index (χ0v) is 12.4. The number of nitrogens with zero attached hydrogens (tertiary/aromatic N) is 1. The van der Waals surface area contributed by atoms with Crippen LogP contribution in [0.1, 0.15) is 52.0 Å². The summed E-state index contributed by atoms with van der Waals surface area (Å²) in [7, 11) is 0. The van der Waals surface area contributed by atoms with Gasteiger partial charge in [0.15, 0.2) is 0 Å². The van der Waals surface area contributed by atoms with Crippen LogP contribution in [0.15, 0.2) is 18.5 Å². The molecule has 0 aliphatic heterocycles. The number of hydrogen-bond donors (Lipinski definition) is 1. The molecular formula is C16H26N2O. The largest absolute Gasteiger partial charge is 0.490 e. The van der Waals surface area contributed by atoms with E-state index in [0.717, 1.165) is 17.9 Å². The number of ether oxygens (including phenoxy) is 1. The molecule has 19 heavy (non-hydrogen) atoms. The maximum atomic E-state index is 6.25. The van der Waals surface area contributed by atoms with Gasteiger partial charge in [0, 0.05) is 30.5 Å². The van der Waals surface area contributed by atoms with Crippen molar-refractivity contribution in [1.29, 1.82) is 0 Å². The zero-order valence-electron chi connectivity index (χ0n) is 12.4. The summed E-state index contributed by atoms with van der Waals surface area (Å²) < 4.78 is 6.25. The molecule has 0 spiro atoms. The summed E-state index contributed by atoms with van der Waals surface area (Å²) in [6.45, 7) is 7.43. The van der Waals surface area contributed by atoms with E-state index in [9.17, 15) is 0 Å². The number of pyridine rings is 1. The van der Waals surface area contributed by atoms with Gasteiger partial charge in [0.25, 0.3) is 0 Å². The second-order valence-corrected chi connectivity index (χ2v) is 5.94. The molecule has 1 aliphatic carbocycles. The number of rotatable bonds is 5. The Morgan fingerprint density at radius 1 is 1.37 bits per heavy atom. The van der Waals surface area contributed by atoms with Gasteiger partial charge in [0.1, 0.15) is 11.9 Å². The van der Waals surface area contributed by atoms with Crippen LogP contribution in [0, 0.1) is 5.92 Å². The van der Waals surface area contributed by atoms with E-state index in [1.807, 2.05) is 18.5 Å². The van der Waals surface area contributed by atoms with Crippen molar-refractivity contribution in [3.05, 3.63) is 24.0 Å². The Bertz CT molecular complexity index is 392. The average molecular weight is 262 g/mol. The van der Waals surface area contributed by atoms with Crippen molar-refractivity contribution in [2.75, 3.05) is 0 Å². The van der Waals surface area contributed by atoms with Gasteiger partial charge in [-0.25, -0.2) is 0 Å². The number of hydrogen-bond acceptors (Lipinski definition) is 3. The van der Waals surface area contributed by atoms with E-state index in [2.05, 4.69) is 31.1 Å². The standard InChI is InChI=1S/C16H26N2O/c1-12(2)18-11-14-10-17-9-8-16(14)19-15-7-5-4-6-13(15)3/h8-10,12-13,15,18H,4-7,11H2,1-3H3. The fourth-order valence-corrected chi connectivity index (χ4v) is 2.60. The molecule has 1 aromatic rings. The lowest BCUT2D eigenvalue weighted by Gasteiger charge is -2.30. The Morgan fingerprint density at radius 3 is 2.89 bits per heavy atom. The van der Waals surface area contributed by atoms with Crippen molar-refractivity contribution in [2.45, 2.75) is 65.1 Å². The third kappa shape index (κ3) is 4.20. The smallest absolute Gasteiger partial charge is 0.127 e. The summed E-state index contributed by atoms with van der Waals surface area (Å²) in [6.07, 6.45) is 9.21. The van der Waals surface area contributed by atoms with E-state index in [4.69, 9.17) is 4.74 Å². The highest BCUT2D eigenvalue weighted by atomic mass is 16.5. The third-order valence-corrected chi connectivity index (χ3v) is 3.87. The fraction of sp³-hybridized carbons (Fsp3) is 0.688.